The first-order valence-electron chi connectivity index (χ1n) is 8.78. The van der Waals surface area contributed by atoms with Crippen LogP contribution in [-0.4, -0.2) is 17.5 Å². The molecule has 140 valence electrons. The number of ether oxygens (including phenoxy) is 1. The maximum absolute atomic E-state index is 12.9. The van der Waals surface area contributed by atoms with Crippen LogP contribution in [0.3, 0.4) is 0 Å². The average molecular weight is 382 g/mol. The van der Waals surface area contributed by atoms with Crippen LogP contribution >= 0.6 is 0 Å². The number of anilines is 1. The van der Waals surface area contributed by atoms with Gasteiger partial charge in [-0.15, -0.1) is 0 Å². The monoisotopic (exact) mass is 382 g/mol. The lowest BCUT2D eigenvalue weighted by Crippen LogP contribution is -2.24. The fourth-order valence-corrected chi connectivity index (χ4v) is 3.29. The molecule has 6 nitrogen and oxygen atoms in total. The van der Waals surface area contributed by atoms with Crippen LogP contribution in [-0.2, 0) is 11.3 Å². The maximum atomic E-state index is 12.9. The molecule has 29 heavy (non-hydrogen) atoms. The zero-order chi connectivity index (χ0) is 20.5. The van der Waals surface area contributed by atoms with Crippen molar-refractivity contribution < 1.29 is 19.1 Å². The number of hydrogen-bond acceptors (Lipinski definition) is 6. The number of nitrogens with zero attached hydrogens (tertiary/aromatic N) is 1. The number of hydrogen-bond donors (Lipinski definition) is 1. The van der Waals surface area contributed by atoms with E-state index in [4.69, 9.17) is 15.7 Å². The van der Waals surface area contributed by atoms with Crippen molar-refractivity contribution >= 4 is 23.2 Å². The van der Waals surface area contributed by atoms with Crippen LogP contribution in [0.15, 0.2) is 60.7 Å². The minimum absolute atomic E-state index is 0.0171. The van der Waals surface area contributed by atoms with Crippen LogP contribution in [0, 0.1) is 11.3 Å². The summed E-state index contributed by atoms with van der Waals surface area (Å²) in [4.78, 5) is 38.1. The SMILES string of the molecule is N#Cc1ccc(COC(=O)c2ccc3c(c2N)C(=O)c2ccccc2C3=O)cc1. The van der Waals surface area contributed by atoms with E-state index in [1.54, 1.807) is 48.5 Å². The molecule has 0 aromatic heterocycles. The summed E-state index contributed by atoms with van der Waals surface area (Å²) in [5, 5.41) is 8.82. The summed E-state index contributed by atoms with van der Waals surface area (Å²) in [5.74, 6) is -1.40. The van der Waals surface area contributed by atoms with Gasteiger partial charge in [-0.05, 0) is 29.8 Å². The lowest BCUT2D eigenvalue weighted by molar-refractivity contribution is 0.0473. The van der Waals surface area contributed by atoms with E-state index in [0.717, 1.165) is 0 Å². The maximum Gasteiger partial charge on any atom is 0.340 e. The number of nitriles is 1. The molecule has 0 heterocycles. The van der Waals surface area contributed by atoms with E-state index in [2.05, 4.69) is 0 Å². The second-order valence-electron chi connectivity index (χ2n) is 6.54. The molecular formula is C23H14N2O4. The Bertz CT molecular complexity index is 1220. The summed E-state index contributed by atoms with van der Waals surface area (Å²) in [6.07, 6.45) is 0. The topological polar surface area (TPSA) is 110 Å². The van der Waals surface area contributed by atoms with Crippen LogP contribution in [0.1, 0.15) is 53.3 Å². The average Bonchev–Trinajstić information content (AvgIpc) is 2.76. The highest BCUT2D eigenvalue weighted by Crippen LogP contribution is 2.33. The van der Waals surface area contributed by atoms with E-state index >= 15 is 0 Å². The van der Waals surface area contributed by atoms with Gasteiger partial charge in [-0.2, -0.15) is 5.26 Å². The molecule has 0 atom stereocenters. The number of fused-ring (bicyclic) bond motifs is 2. The molecule has 3 aromatic rings. The highest BCUT2D eigenvalue weighted by Gasteiger charge is 2.33. The molecule has 0 radical (unpaired) electrons. The summed E-state index contributed by atoms with van der Waals surface area (Å²) in [7, 11) is 0. The Morgan fingerprint density at radius 3 is 2.21 bits per heavy atom. The largest absolute Gasteiger partial charge is 0.457 e. The summed E-state index contributed by atoms with van der Waals surface area (Å²) in [6.45, 7) is -0.0171. The molecule has 6 heteroatoms. The van der Waals surface area contributed by atoms with Crippen LogP contribution in [0.5, 0.6) is 0 Å². The Kier molecular flexibility index (Phi) is 4.41. The lowest BCUT2D eigenvalue weighted by atomic mass is 9.82. The van der Waals surface area contributed by atoms with Crippen LogP contribution in [0.2, 0.25) is 0 Å². The number of ketones is 2. The fraction of sp³-hybridized carbons (Fsp3) is 0.0435. The number of nitrogen functional groups attached to an aromatic ring is 1. The van der Waals surface area contributed by atoms with Gasteiger partial charge in [0.1, 0.15) is 6.61 Å². The predicted molar refractivity (Wildman–Crippen MR) is 104 cm³/mol. The first-order valence-corrected chi connectivity index (χ1v) is 8.78. The fourth-order valence-electron chi connectivity index (χ4n) is 3.29. The second-order valence-corrected chi connectivity index (χ2v) is 6.54. The van der Waals surface area contributed by atoms with Crippen LogP contribution < -0.4 is 5.73 Å². The normalized spacial score (nSPS) is 12.0. The third kappa shape index (κ3) is 3.05. The van der Waals surface area contributed by atoms with E-state index in [9.17, 15) is 14.4 Å². The summed E-state index contributed by atoms with van der Waals surface area (Å²) in [5.41, 5.74) is 8.06. The van der Waals surface area contributed by atoms with Crippen molar-refractivity contribution in [2.75, 3.05) is 5.73 Å². The summed E-state index contributed by atoms with van der Waals surface area (Å²) in [6, 6.07) is 18.0. The molecule has 1 aliphatic rings. The summed E-state index contributed by atoms with van der Waals surface area (Å²) < 4.78 is 5.29. The predicted octanol–water partition coefficient (Wildman–Crippen LogP) is 3.27. The summed E-state index contributed by atoms with van der Waals surface area (Å²) >= 11 is 0. The van der Waals surface area contributed by atoms with E-state index in [1.165, 1.54) is 12.1 Å². The zero-order valence-electron chi connectivity index (χ0n) is 15.1. The number of rotatable bonds is 3. The van der Waals surface area contributed by atoms with Gasteiger partial charge in [0.25, 0.3) is 0 Å². The van der Waals surface area contributed by atoms with Gasteiger partial charge in [0, 0.05) is 16.7 Å². The Hall–Kier alpha value is -4.24. The molecule has 2 N–H and O–H groups in total. The van der Waals surface area contributed by atoms with Crippen molar-refractivity contribution in [1.82, 2.24) is 0 Å². The molecule has 0 saturated carbocycles. The Morgan fingerprint density at radius 2 is 1.55 bits per heavy atom. The smallest absolute Gasteiger partial charge is 0.340 e. The number of benzene rings is 3. The highest BCUT2D eigenvalue weighted by atomic mass is 16.5. The Labute approximate surface area is 166 Å². The highest BCUT2D eigenvalue weighted by molar-refractivity contribution is 6.30. The quantitative estimate of drug-likeness (QED) is 0.430. The van der Waals surface area contributed by atoms with Gasteiger partial charge < -0.3 is 10.5 Å². The van der Waals surface area contributed by atoms with E-state index in [1.807, 2.05) is 6.07 Å². The van der Waals surface area contributed by atoms with E-state index < -0.39 is 11.8 Å². The third-order valence-corrected chi connectivity index (χ3v) is 4.81. The Balaban J connectivity index is 1.63. The molecule has 0 aliphatic heterocycles. The zero-order valence-corrected chi connectivity index (χ0v) is 15.1. The number of carbonyl (C=O) groups excluding carboxylic acids is 3. The van der Waals surface area contributed by atoms with Crippen molar-refractivity contribution in [1.29, 1.82) is 5.26 Å². The van der Waals surface area contributed by atoms with Gasteiger partial charge in [0.2, 0.25) is 0 Å². The number of nitrogens with two attached hydrogens (primary N) is 1. The van der Waals surface area contributed by atoms with Crippen molar-refractivity contribution in [2.24, 2.45) is 0 Å². The molecule has 0 spiro atoms. The Morgan fingerprint density at radius 1 is 0.897 bits per heavy atom. The van der Waals surface area contributed by atoms with Gasteiger partial charge in [-0.3, -0.25) is 9.59 Å². The van der Waals surface area contributed by atoms with Gasteiger partial charge in [0.05, 0.1) is 28.4 Å². The molecule has 0 bridgehead atoms. The van der Waals surface area contributed by atoms with Gasteiger partial charge >= 0.3 is 5.97 Å². The molecule has 0 amide bonds. The minimum Gasteiger partial charge on any atom is -0.457 e. The van der Waals surface area contributed by atoms with Gasteiger partial charge in [-0.1, -0.05) is 36.4 Å². The van der Waals surface area contributed by atoms with Crippen LogP contribution in [0.25, 0.3) is 0 Å². The molecule has 4 rings (SSSR count). The van der Waals surface area contributed by atoms with E-state index in [-0.39, 0.29) is 40.3 Å². The van der Waals surface area contributed by atoms with Gasteiger partial charge in [-0.25, -0.2) is 4.79 Å². The molecule has 1 aliphatic carbocycles. The van der Waals surface area contributed by atoms with Gasteiger partial charge in [0.15, 0.2) is 11.6 Å². The van der Waals surface area contributed by atoms with Crippen molar-refractivity contribution in [2.45, 2.75) is 6.61 Å². The number of esters is 1. The van der Waals surface area contributed by atoms with Crippen molar-refractivity contribution in [3.63, 3.8) is 0 Å². The lowest BCUT2D eigenvalue weighted by Gasteiger charge is -2.20. The molecule has 0 fully saturated rings. The first kappa shape index (κ1) is 18.1. The van der Waals surface area contributed by atoms with Crippen LogP contribution in [0.4, 0.5) is 5.69 Å². The minimum atomic E-state index is -0.700. The van der Waals surface area contributed by atoms with Crippen molar-refractivity contribution in [3.8, 4) is 6.07 Å². The first-order chi connectivity index (χ1) is 14.0. The van der Waals surface area contributed by atoms with Crippen molar-refractivity contribution in [3.05, 3.63) is 99.6 Å². The molecule has 3 aromatic carbocycles. The molecular weight excluding hydrogens is 368 g/mol. The number of carbonyl (C=O) groups is 3. The standard InChI is InChI=1S/C23H14N2O4/c24-11-13-5-7-14(8-6-13)12-29-23(28)18-10-9-17-19(20(18)25)22(27)16-4-2-1-3-15(16)21(17)26/h1-10H,12,25H2. The second kappa shape index (κ2) is 7.06. The van der Waals surface area contributed by atoms with E-state index in [0.29, 0.717) is 16.7 Å². The third-order valence-electron chi connectivity index (χ3n) is 4.81. The molecule has 0 saturated heterocycles. The molecule has 0 unspecified atom stereocenters.